The third kappa shape index (κ3) is 4.80. The van der Waals surface area contributed by atoms with E-state index in [4.69, 9.17) is 9.47 Å². The average molecular weight is 254 g/mol. The molecule has 1 atom stereocenters. The van der Waals surface area contributed by atoms with Gasteiger partial charge in [0.05, 0.1) is 19.8 Å². The fourth-order valence-electron chi connectivity index (χ4n) is 2.08. The molecule has 1 N–H and O–H groups in total. The Morgan fingerprint density at radius 3 is 2.67 bits per heavy atom. The lowest BCUT2D eigenvalue weighted by atomic mass is 9.99. The van der Waals surface area contributed by atoms with Crippen LogP contribution in [0.15, 0.2) is 18.5 Å². The lowest BCUT2D eigenvalue weighted by molar-refractivity contribution is 0.0666. The maximum Gasteiger partial charge on any atom is 0.0701 e. The zero-order valence-electron chi connectivity index (χ0n) is 12.0. The molecule has 0 saturated carbocycles. The van der Waals surface area contributed by atoms with E-state index in [2.05, 4.69) is 42.2 Å². The second kappa shape index (κ2) is 8.29. The van der Waals surface area contributed by atoms with Crippen LogP contribution in [-0.2, 0) is 16.0 Å². The minimum absolute atomic E-state index is 0.417. The van der Waals surface area contributed by atoms with Crippen LogP contribution in [0.4, 0.5) is 0 Å². The van der Waals surface area contributed by atoms with E-state index in [9.17, 15) is 0 Å². The van der Waals surface area contributed by atoms with E-state index < -0.39 is 0 Å². The zero-order chi connectivity index (χ0) is 13.4. The predicted octanol–water partition coefficient (Wildman–Crippen LogP) is 2.07. The van der Waals surface area contributed by atoms with Crippen LogP contribution < -0.4 is 5.32 Å². The van der Waals surface area contributed by atoms with Gasteiger partial charge in [0.15, 0.2) is 0 Å². The van der Waals surface area contributed by atoms with Crippen LogP contribution in [0.2, 0.25) is 0 Å². The van der Waals surface area contributed by atoms with Crippen LogP contribution >= 0.6 is 0 Å². The Labute approximate surface area is 110 Å². The number of nitrogens with one attached hydrogen (secondary N) is 1. The highest BCUT2D eigenvalue weighted by Gasteiger charge is 2.14. The molecule has 0 aromatic carbocycles. The minimum Gasteiger partial charge on any atom is -0.382 e. The summed E-state index contributed by atoms with van der Waals surface area (Å²) >= 11 is 0. The van der Waals surface area contributed by atoms with E-state index in [1.807, 2.05) is 7.05 Å². The highest BCUT2D eigenvalue weighted by Crippen LogP contribution is 2.21. The molecule has 4 nitrogen and oxygen atoms in total. The van der Waals surface area contributed by atoms with Gasteiger partial charge in [0.1, 0.15) is 0 Å². The third-order valence-corrected chi connectivity index (χ3v) is 3.04. The first kappa shape index (κ1) is 15.2. The van der Waals surface area contributed by atoms with Crippen molar-refractivity contribution in [3.63, 3.8) is 0 Å². The van der Waals surface area contributed by atoms with Crippen molar-refractivity contribution in [2.24, 2.45) is 5.92 Å². The maximum atomic E-state index is 5.46. The first-order valence-corrected chi connectivity index (χ1v) is 6.58. The number of ether oxygens (including phenoxy) is 2. The molecule has 104 valence electrons. The van der Waals surface area contributed by atoms with Crippen LogP contribution in [0.25, 0.3) is 0 Å². The van der Waals surface area contributed by atoms with Gasteiger partial charge in [-0.15, -0.1) is 0 Å². The van der Waals surface area contributed by atoms with Gasteiger partial charge in [0.2, 0.25) is 0 Å². The Bertz CT molecular complexity index is 323. The Kier molecular flexibility index (Phi) is 7.01. The van der Waals surface area contributed by atoms with Gasteiger partial charge < -0.3 is 19.4 Å². The van der Waals surface area contributed by atoms with Crippen molar-refractivity contribution in [2.45, 2.75) is 26.4 Å². The summed E-state index contributed by atoms with van der Waals surface area (Å²) in [6, 6.07) is 2.59. The van der Waals surface area contributed by atoms with Gasteiger partial charge in [-0.25, -0.2) is 0 Å². The first-order chi connectivity index (χ1) is 8.69. The van der Waals surface area contributed by atoms with E-state index in [0.717, 1.165) is 13.2 Å². The fraction of sp³-hybridized carbons (Fsp3) is 0.714. The molecule has 0 spiro atoms. The average Bonchev–Trinajstić information content (AvgIpc) is 2.78. The standard InChI is InChI=1S/C14H26N2O2/c1-12(2)14(15-3)13-5-6-16(11-13)7-8-18-10-9-17-4/h5-6,11-12,14-15H,7-10H2,1-4H3. The Morgan fingerprint density at radius 1 is 1.28 bits per heavy atom. The first-order valence-electron chi connectivity index (χ1n) is 6.58. The molecule has 0 aliphatic rings. The summed E-state index contributed by atoms with van der Waals surface area (Å²) in [5.74, 6) is 0.587. The molecule has 0 saturated heterocycles. The van der Waals surface area contributed by atoms with Gasteiger partial charge >= 0.3 is 0 Å². The Balaban J connectivity index is 2.38. The summed E-state index contributed by atoms with van der Waals surface area (Å²) in [4.78, 5) is 0. The maximum absolute atomic E-state index is 5.46. The molecule has 4 heteroatoms. The van der Waals surface area contributed by atoms with Gasteiger partial charge in [0.25, 0.3) is 0 Å². The number of methoxy groups -OCH3 is 1. The normalized spacial score (nSPS) is 13.2. The van der Waals surface area contributed by atoms with Gasteiger partial charge in [-0.05, 0) is 24.6 Å². The van der Waals surface area contributed by atoms with Crippen LogP contribution in [0.3, 0.4) is 0 Å². The molecule has 1 heterocycles. The second-order valence-corrected chi connectivity index (χ2v) is 4.80. The summed E-state index contributed by atoms with van der Waals surface area (Å²) < 4.78 is 12.6. The van der Waals surface area contributed by atoms with Crippen LogP contribution in [0.5, 0.6) is 0 Å². The highest BCUT2D eigenvalue weighted by atomic mass is 16.5. The third-order valence-electron chi connectivity index (χ3n) is 3.04. The van der Waals surface area contributed by atoms with Gasteiger partial charge in [-0.2, -0.15) is 0 Å². The van der Waals surface area contributed by atoms with Crippen LogP contribution in [0.1, 0.15) is 25.5 Å². The second-order valence-electron chi connectivity index (χ2n) is 4.80. The van der Waals surface area contributed by atoms with Crippen molar-refractivity contribution in [3.05, 3.63) is 24.0 Å². The Morgan fingerprint density at radius 2 is 2.06 bits per heavy atom. The Hall–Kier alpha value is -0.840. The molecular formula is C14H26N2O2. The number of rotatable bonds is 9. The van der Waals surface area contributed by atoms with Crippen molar-refractivity contribution < 1.29 is 9.47 Å². The van der Waals surface area contributed by atoms with Crippen molar-refractivity contribution in [2.75, 3.05) is 34.0 Å². The molecule has 0 aliphatic heterocycles. The monoisotopic (exact) mass is 254 g/mol. The highest BCUT2D eigenvalue weighted by molar-refractivity contribution is 5.16. The van der Waals surface area contributed by atoms with Gasteiger partial charge in [-0.3, -0.25) is 0 Å². The molecular weight excluding hydrogens is 228 g/mol. The van der Waals surface area contributed by atoms with Gasteiger partial charge in [-0.1, -0.05) is 13.8 Å². The van der Waals surface area contributed by atoms with E-state index in [1.165, 1.54) is 5.56 Å². The lowest BCUT2D eigenvalue weighted by Crippen LogP contribution is -2.21. The zero-order valence-corrected chi connectivity index (χ0v) is 12.0. The summed E-state index contributed by atoms with van der Waals surface area (Å²) in [6.45, 7) is 7.39. The van der Waals surface area contributed by atoms with Crippen LogP contribution in [0, 0.1) is 5.92 Å². The largest absolute Gasteiger partial charge is 0.382 e. The molecule has 18 heavy (non-hydrogen) atoms. The molecule has 1 aromatic heterocycles. The topological polar surface area (TPSA) is 35.4 Å². The number of aromatic nitrogens is 1. The smallest absolute Gasteiger partial charge is 0.0701 e. The summed E-state index contributed by atoms with van der Waals surface area (Å²) in [5, 5.41) is 3.35. The van der Waals surface area contributed by atoms with E-state index in [0.29, 0.717) is 25.2 Å². The molecule has 1 rings (SSSR count). The molecule has 0 radical (unpaired) electrons. The van der Waals surface area contributed by atoms with E-state index in [1.54, 1.807) is 7.11 Å². The van der Waals surface area contributed by atoms with Gasteiger partial charge in [0, 0.05) is 32.1 Å². The molecule has 0 amide bonds. The van der Waals surface area contributed by atoms with E-state index in [-0.39, 0.29) is 0 Å². The minimum atomic E-state index is 0.417. The summed E-state index contributed by atoms with van der Waals surface area (Å²) in [6.07, 6.45) is 4.31. The predicted molar refractivity (Wildman–Crippen MR) is 73.8 cm³/mol. The molecule has 0 aliphatic carbocycles. The summed E-state index contributed by atoms with van der Waals surface area (Å²) in [5.41, 5.74) is 1.34. The summed E-state index contributed by atoms with van der Waals surface area (Å²) in [7, 11) is 3.70. The number of hydrogen-bond donors (Lipinski definition) is 1. The van der Waals surface area contributed by atoms with Crippen molar-refractivity contribution in [1.29, 1.82) is 0 Å². The number of nitrogens with zero attached hydrogens (tertiary/aromatic N) is 1. The lowest BCUT2D eigenvalue weighted by Gasteiger charge is -2.18. The van der Waals surface area contributed by atoms with Crippen molar-refractivity contribution in [1.82, 2.24) is 9.88 Å². The number of hydrogen-bond acceptors (Lipinski definition) is 3. The SMILES string of the molecule is CNC(c1ccn(CCOCCOC)c1)C(C)C. The van der Waals surface area contributed by atoms with Crippen molar-refractivity contribution in [3.8, 4) is 0 Å². The molecule has 0 bridgehead atoms. The molecule has 1 aromatic rings. The van der Waals surface area contributed by atoms with E-state index >= 15 is 0 Å². The fourth-order valence-corrected chi connectivity index (χ4v) is 2.08. The molecule has 1 unspecified atom stereocenters. The van der Waals surface area contributed by atoms with Crippen LogP contribution in [-0.4, -0.2) is 38.5 Å². The van der Waals surface area contributed by atoms with Crippen molar-refractivity contribution >= 4 is 0 Å². The molecule has 0 fully saturated rings. The quantitative estimate of drug-likeness (QED) is 0.685.